The van der Waals surface area contributed by atoms with Crippen LogP contribution in [0.1, 0.15) is 28.6 Å². The van der Waals surface area contributed by atoms with E-state index in [4.69, 9.17) is 9.47 Å². The molecule has 0 spiro atoms. The number of methoxy groups -OCH3 is 2. The molecule has 0 aliphatic heterocycles. The van der Waals surface area contributed by atoms with Crippen molar-refractivity contribution >= 4 is 27.5 Å². The zero-order valence-corrected chi connectivity index (χ0v) is 19.5. The summed E-state index contributed by atoms with van der Waals surface area (Å²) in [4.78, 5) is 14.5. The Bertz CT molecular complexity index is 1230. The molecule has 2 aromatic heterocycles. The van der Waals surface area contributed by atoms with E-state index in [0.29, 0.717) is 16.4 Å². The fourth-order valence-corrected chi connectivity index (χ4v) is 4.72. The third-order valence-electron chi connectivity index (χ3n) is 5.48. The normalized spacial score (nSPS) is 12.0. The maximum absolute atomic E-state index is 12.9. The molecule has 0 bridgehead atoms. The molecule has 0 saturated carbocycles. The number of rotatable bonds is 8. The standard InChI is InChI=1S/C25H27N3O3S/c1-16(10-11-17-8-6-5-7-9-17)26-24(29)22-15-19-23(27-28(2)25(19)32-22)18-12-13-20(30-3)21(14-18)31-4/h5-9,12-16H,10-11H2,1-4H3,(H,26,29). The highest BCUT2D eigenvalue weighted by molar-refractivity contribution is 7.20. The van der Waals surface area contributed by atoms with Crippen LogP contribution < -0.4 is 14.8 Å². The molecule has 1 amide bonds. The number of nitrogens with one attached hydrogen (secondary N) is 1. The zero-order chi connectivity index (χ0) is 22.7. The molecule has 4 aromatic rings. The largest absolute Gasteiger partial charge is 0.493 e. The van der Waals surface area contributed by atoms with Gasteiger partial charge in [-0.2, -0.15) is 5.10 Å². The van der Waals surface area contributed by atoms with E-state index in [-0.39, 0.29) is 11.9 Å². The van der Waals surface area contributed by atoms with E-state index in [1.165, 1.54) is 16.9 Å². The lowest BCUT2D eigenvalue weighted by Gasteiger charge is -2.13. The Morgan fingerprint density at radius 1 is 1.09 bits per heavy atom. The fourth-order valence-electron chi connectivity index (χ4n) is 3.74. The first kappa shape index (κ1) is 21.9. The SMILES string of the molecule is COc1ccc(-c2nn(C)c3sc(C(=O)NC(C)CCc4ccccc4)cc23)cc1OC. The lowest BCUT2D eigenvalue weighted by molar-refractivity contribution is 0.0942. The highest BCUT2D eigenvalue weighted by atomic mass is 32.1. The van der Waals surface area contributed by atoms with Crippen molar-refractivity contribution in [2.75, 3.05) is 14.2 Å². The third kappa shape index (κ3) is 4.48. The van der Waals surface area contributed by atoms with Crippen molar-refractivity contribution in [3.05, 3.63) is 65.0 Å². The first-order chi connectivity index (χ1) is 15.5. The molecular weight excluding hydrogens is 422 g/mol. The van der Waals surface area contributed by atoms with Crippen molar-refractivity contribution in [3.63, 3.8) is 0 Å². The second-order valence-electron chi connectivity index (χ2n) is 7.77. The van der Waals surface area contributed by atoms with Gasteiger partial charge in [0.15, 0.2) is 11.5 Å². The monoisotopic (exact) mass is 449 g/mol. The van der Waals surface area contributed by atoms with E-state index >= 15 is 0 Å². The summed E-state index contributed by atoms with van der Waals surface area (Å²) in [6.07, 6.45) is 1.82. The third-order valence-corrected chi connectivity index (χ3v) is 6.68. The second-order valence-corrected chi connectivity index (χ2v) is 8.80. The zero-order valence-electron chi connectivity index (χ0n) is 18.7. The Morgan fingerprint density at radius 3 is 2.56 bits per heavy atom. The van der Waals surface area contributed by atoms with Crippen LogP contribution >= 0.6 is 11.3 Å². The molecule has 0 fully saturated rings. The molecule has 0 saturated heterocycles. The number of carbonyl (C=O) groups is 1. The number of aryl methyl sites for hydroxylation is 2. The molecule has 0 radical (unpaired) electrons. The summed E-state index contributed by atoms with van der Waals surface area (Å²) in [6, 6.07) is 18.1. The molecule has 1 atom stereocenters. The van der Waals surface area contributed by atoms with Crippen LogP contribution in [0.15, 0.2) is 54.6 Å². The number of hydrogen-bond donors (Lipinski definition) is 1. The van der Waals surface area contributed by atoms with Crippen molar-refractivity contribution in [2.45, 2.75) is 25.8 Å². The van der Waals surface area contributed by atoms with Crippen molar-refractivity contribution in [1.82, 2.24) is 15.1 Å². The van der Waals surface area contributed by atoms with Crippen LogP contribution in [0.3, 0.4) is 0 Å². The fraction of sp³-hybridized carbons (Fsp3) is 0.280. The summed E-state index contributed by atoms with van der Waals surface area (Å²) in [5, 5.41) is 8.76. The number of benzene rings is 2. The van der Waals surface area contributed by atoms with Gasteiger partial charge in [-0.05, 0) is 49.6 Å². The van der Waals surface area contributed by atoms with E-state index in [1.807, 2.05) is 61.1 Å². The Morgan fingerprint density at radius 2 is 1.84 bits per heavy atom. The van der Waals surface area contributed by atoms with Crippen molar-refractivity contribution in [2.24, 2.45) is 7.05 Å². The summed E-state index contributed by atoms with van der Waals surface area (Å²) < 4.78 is 12.6. The van der Waals surface area contributed by atoms with Gasteiger partial charge >= 0.3 is 0 Å². The van der Waals surface area contributed by atoms with Gasteiger partial charge in [-0.3, -0.25) is 9.48 Å². The molecule has 32 heavy (non-hydrogen) atoms. The van der Waals surface area contributed by atoms with Crippen molar-refractivity contribution < 1.29 is 14.3 Å². The van der Waals surface area contributed by atoms with E-state index < -0.39 is 0 Å². The number of amides is 1. The second kappa shape index (κ2) is 9.44. The molecule has 6 nitrogen and oxygen atoms in total. The van der Waals surface area contributed by atoms with Crippen LogP contribution in [-0.4, -0.2) is 35.9 Å². The molecule has 2 aromatic carbocycles. The minimum atomic E-state index is -0.0509. The number of aromatic nitrogens is 2. The van der Waals surface area contributed by atoms with Crippen LogP contribution in [-0.2, 0) is 13.5 Å². The summed E-state index contributed by atoms with van der Waals surface area (Å²) >= 11 is 1.45. The van der Waals surface area contributed by atoms with Crippen molar-refractivity contribution in [1.29, 1.82) is 0 Å². The minimum Gasteiger partial charge on any atom is -0.493 e. The van der Waals surface area contributed by atoms with Gasteiger partial charge in [0.1, 0.15) is 10.5 Å². The van der Waals surface area contributed by atoms with Crippen LogP contribution in [0.4, 0.5) is 0 Å². The van der Waals surface area contributed by atoms with E-state index in [9.17, 15) is 4.79 Å². The van der Waals surface area contributed by atoms with E-state index in [0.717, 1.165) is 34.3 Å². The molecule has 4 rings (SSSR count). The van der Waals surface area contributed by atoms with Crippen LogP contribution in [0, 0.1) is 0 Å². The number of thiophene rings is 1. The van der Waals surface area contributed by atoms with Crippen LogP contribution in [0.25, 0.3) is 21.5 Å². The van der Waals surface area contributed by atoms with Crippen molar-refractivity contribution in [3.8, 4) is 22.8 Å². The number of ether oxygens (including phenoxy) is 2. The molecule has 2 heterocycles. The Labute approximate surface area is 191 Å². The Hall–Kier alpha value is -3.32. The van der Waals surface area contributed by atoms with Gasteiger partial charge in [-0.15, -0.1) is 11.3 Å². The number of hydrogen-bond acceptors (Lipinski definition) is 5. The van der Waals surface area contributed by atoms with Gasteiger partial charge in [-0.1, -0.05) is 30.3 Å². The Balaban J connectivity index is 1.53. The lowest BCUT2D eigenvalue weighted by Crippen LogP contribution is -2.32. The molecule has 1 unspecified atom stereocenters. The van der Waals surface area contributed by atoms with Gasteiger partial charge < -0.3 is 14.8 Å². The minimum absolute atomic E-state index is 0.0509. The summed E-state index contributed by atoms with van der Waals surface area (Å²) in [5.74, 6) is 1.26. The summed E-state index contributed by atoms with van der Waals surface area (Å²) in [6.45, 7) is 2.05. The molecule has 166 valence electrons. The van der Waals surface area contributed by atoms with E-state index in [1.54, 1.807) is 14.2 Å². The average Bonchev–Trinajstić information content (AvgIpc) is 3.38. The quantitative estimate of drug-likeness (QED) is 0.408. The average molecular weight is 450 g/mol. The molecule has 0 aliphatic carbocycles. The van der Waals surface area contributed by atoms with Gasteiger partial charge in [0, 0.05) is 24.0 Å². The van der Waals surface area contributed by atoms with Gasteiger partial charge in [-0.25, -0.2) is 0 Å². The van der Waals surface area contributed by atoms with E-state index in [2.05, 4.69) is 22.5 Å². The number of nitrogens with zero attached hydrogens (tertiary/aromatic N) is 2. The first-order valence-electron chi connectivity index (χ1n) is 10.5. The van der Waals surface area contributed by atoms with Gasteiger partial charge in [0.2, 0.25) is 0 Å². The molecule has 7 heteroatoms. The van der Waals surface area contributed by atoms with Crippen LogP contribution in [0.2, 0.25) is 0 Å². The number of fused-ring (bicyclic) bond motifs is 1. The first-order valence-corrected chi connectivity index (χ1v) is 11.4. The molecule has 1 N–H and O–H groups in total. The molecular formula is C25H27N3O3S. The lowest BCUT2D eigenvalue weighted by atomic mass is 10.1. The smallest absolute Gasteiger partial charge is 0.261 e. The number of carbonyl (C=O) groups excluding carboxylic acids is 1. The van der Waals surface area contributed by atoms with Crippen LogP contribution in [0.5, 0.6) is 11.5 Å². The van der Waals surface area contributed by atoms with Gasteiger partial charge in [0.05, 0.1) is 19.1 Å². The maximum Gasteiger partial charge on any atom is 0.261 e. The molecule has 0 aliphatic rings. The topological polar surface area (TPSA) is 65.4 Å². The highest BCUT2D eigenvalue weighted by Gasteiger charge is 2.20. The highest BCUT2D eigenvalue weighted by Crippen LogP contribution is 2.37. The van der Waals surface area contributed by atoms with Gasteiger partial charge in [0.25, 0.3) is 5.91 Å². The maximum atomic E-state index is 12.9. The summed E-state index contributed by atoms with van der Waals surface area (Å²) in [7, 11) is 5.12. The predicted molar refractivity (Wildman–Crippen MR) is 129 cm³/mol. The Kier molecular flexibility index (Phi) is 6.46. The predicted octanol–water partition coefficient (Wildman–Crippen LogP) is 5.07. The summed E-state index contributed by atoms with van der Waals surface area (Å²) in [5.41, 5.74) is 3.01.